The van der Waals surface area contributed by atoms with Crippen molar-refractivity contribution < 1.29 is 5.11 Å². The molecule has 4 nitrogen and oxygen atoms in total. The molecule has 0 saturated carbocycles. The molecule has 0 aliphatic rings. The Kier molecular flexibility index (Phi) is 3.02. The summed E-state index contributed by atoms with van der Waals surface area (Å²) in [5, 5.41) is 9.49. The molecule has 0 bridgehead atoms. The maximum absolute atomic E-state index is 11.5. The van der Waals surface area contributed by atoms with E-state index in [0.29, 0.717) is 5.82 Å². The minimum absolute atomic E-state index is 0.0464. The number of hydrogen-bond acceptors (Lipinski definition) is 3. The summed E-state index contributed by atoms with van der Waals surface area (Å²) in [6.45, 7) is 3.99. The summed E-state index contributed by atoms with van der Waals surface area (Å²) in [5.74, 6) is 0.0563. The highest BCUT2D eigenvalue weighted by Gasteiger charge is 2.09. The van der Waals surface area contributed by atoms with Crippen LogP contribution in [0, 0.1) is 13.8 Å². The molecule has 0 aliphatic heterocycles. The lowest BCUT2D eigenvalue weighted by molar-refractivity contribution is 0.448. The number of aromatic amines is 1. The van der Waals surface area contributed by atoms with Crippen LogP contribution in [0.5, 0.6) is 5.88 Å². The molecule has 5 heteroatoms. The van der Waals surface area contributed by atoms with Crippen molar-refractivity contribution >= 4 is 15.9 Å². The number of nitrogens with one attached hydrogen (secondary N) is 1. The van der Waals surface area contributed by atoms with Gasteiger partial charge in [0.05, 0.1) is 0 Å². The average molecular weight is 295 g/mol. The van der Waals surface area contributed by atoms with Gasteiger partial charge in [0.25, 0.3) is 5.56 Å². The molecule has 0 saturated heterocycles. The van der Waals surface area contributed by atoms with E-state index in [4.69, 9.17) is 0 Å². The van der Waals surface area contributed by atoms with E-state index in [2.05, 4.69) is 25.9 Å². The Morgan fingerprint density at radius 1 is 1.29 bits per heavy atom. The Morgan fingerprint density at radius 3 is 2.59 bits per heavy atom. The van der Waals surface area contributed by atoms with Gasteiger partial charge in [-0.05, 0) is 47.0 Å². The number of aryl methyl sites for hydroxylation is 2. The number of aromatic hydroxyl groups is 1. The van der Waals surface area contributed by atoms with Crippen LogP contribution in [0.25, 0.3) is 11.4 Å². The Morgan fingerprint density at radius 2 is 2.00 bits per heavy atom. The molecule has 17 heavy (non-hydrogen) atoms. The first-order chi connectivity index (χ1) is 7.99. The molecule has 1 aromatic carbocycles. The zero-order valence-corrected chi connectivity index (χ0v) is 11.0. The summed E-state index contributed by atoms with van der Waals surface area (Å²) in [6, 6.07) is 5.72. The van der Waals surface area contributed by atoms with Gasteiger partial charge < -0.3 is 10.1 Å². The first-order valence-electron chi connectivity index (χ1n) is 5.05. The van der Waals surface area contributed by atoms with Crippen molar-refractivity contribution in [3.05, 3.63) is 44.2 Å². The van der Waals surface area contributed by atoms with Gasteiger partial charge in [0.15, 0.2) is 0 Å². The van der Waals surface area contributed by atoms with Crippen molar-refractivity contribution in [2.45, 2.75) is 13.8 Å². The number of hydrogen-bond donors (Lipinski definition) is 2. The fourth-order valence-electron chi connectivity index (χ4n) is 1.47. The van der Waals surface area contributed by atoms with Crippen molar-refractivity contribution in [1.82, 2.24) is 9.97 Å². The zero-order chi connectivity index (χ0) is 12.6. The minimum atomic E-state index is -0.397. The second kappa shape index (κ2) is 4.33. The van der Waals surface area contributed by atoms with E-state index < -0.39 is 5.56 Å². The number of nitrogens with zero attached hydrogens (tertiary/aromatic N) is 1. The minimum Gasteiger partial charge on any atom is -0.492 e. The highest BCUT2D eigenvalue weighted by Crippen LogP contribution is 2.22. The number of H-pyrrole nitrogens is 1. The summed E-state index contributed by atoms with van der Waals surface area (Å²) < 4.78 is 0.0464. The van der Waals surface area contributed by atoms with Gasteiger partial charge in [-0.2, -0.15) is 4.98 Å². The van der Waals surface area contributed by atoms with Gasteiger partial charge in [-0.3, -0.25) is 4.79 Å². The summed E-state index contributed by atoms with van der Waals surface area (Å²) in [4.78, 5) is 18.0. The molecule has 0 radical (unpaired) electrons. The van der Waals surface area contributed by atoms with Crippen LogP contribution in [0.1, 0.15) is 11.1 Å². The van der Waals surface area contributed by atoms with Crippen LogP contribution in [-0.2, 0) is 0 Å². The number of halogens is 1. The Labute approximate surface area is 106 Å². The molecule has 2 aromatic rings. The molecular formula is C12H11BrN2O2. The highest BCUT2D eigenvalue weighted by atomic mass is 79.9. The molecule has 0 aliphatic carbocycles. The SMILES string of the molecule is Cc1ccc(-c2nc(O)c(Br)c(=O)[nH]2)cc1C. The predicted octanol–water partition coefficient (Wildman–Crippen LogP) is 2.52. The standard InChI is InChI=1S/C12H11BrN2O2/c1-6-3-4-8(5-7(6)2)10-14-11(16)9(13)12(17)15-10/h3-5H,1-2H3,(H2,14,15,16,17). The molecule has 0 atom stereocenters. The van der Waals surface area contributed by atoms with E-state index in [1.807, 2.05) is 32.0 Å². The first kappa shape index (κ1) is 11.9. The molecule has 0 fully saturated rings. The van der Waals surface area contributed by atoms with Crippen molar-refractivity contribution in [3.63, 3.8) is 0 Å². The van der Waals surface area contributed by atoms with Gasteiger partial charge in [-0.15, -0.1) is 0 Å². The molecule has 0 unspecified atom stereocenters. The fraction of sp³-hybridized carbons (Fsp3) is 0.167. The largest absolute Gasteiger partial charge is 0.492 e. The van der Waals surface area contributed by atoms with Crippen molar-refractivity contribution in [2.75, 3.05) is 0 Å². The van der Waals surface area contributed by atoms with Crippen LogP contribution in [0.15, 0.2) is 27.5 Å². The topological polar surface area (TPSA) is 66.0 Å². The lowest BCUT2D eigenvalue weighted by Gasteiger charge is -2.05. The second-order valence-corrected chi connectivity index (χ2v) is 4.64. The fourth-order valence-corrected chi connectivity index (χ4v) is 1.66. The van der Waals surface area contributed by atoms with Crippen molar-refractivity contribution in [3.8, 4) is 17.3 Å². The van der Waals surface area contributed by atoms with Gasteiger partial charge >= 0.3 is 0 Å². The normalized spacial score (nSPS) is 10.5. The van der Waals surface area contributed by atoms with Crippen LogP contribution >= 0.6 is 15.9 Å². The van der Waals surface area contributed by atoms with Crippen LogP contribution in [0.3, 0.4) is 0 Å². The van der Waals surface area contributed by atoms with Crippen LogP contribution in [0.2, 0.25) is 0 Å². The molecular weight excluding hydrogens is 284 g/mol. The summed E-state index contributed by atoms with van der Waals surface area (Å²) in [5.41, 5.74) is 2.64. The van der Waals surface area contributed by atoms with Crippen LogP contribution in [-0.4, -0.2) is 15.1 Å². The van der Waals surface area contributed by atoms with E-state index in [9.17, 15) is 9.90 Å². The van der Waals surface area contributed by atoms with E-state index in [1.54, 1.807) is 0 Å². The molecule has 2 N–H and O–H groups in total. The lowest BCUT2D eigenvalue weighted by atomic mass is 10.1. The quantitative estimate of drug-likeness (QED) is 0.849. The molecule has 0 spiro atoms. The van der Waals surface area contributed by atoms with E-state index >= 15 is 0 Å². The zero-order valence-electron chi connectivity index (χ0n) is 9.41. The van der Waals surface area contributed by atoms with Crippen LogP contribution in [0.4, 0.5) is 0 Å². The third-order valence-electron chi connectivity index (χ3n) is 2.63. The average Bonchev–Trinajstić information content (AvgIpc) is 2.29. The summed E-state index contributed by atoms with van der Waals surface area (Å²) in [6.07, 6.45) is 0. The van der Waals surface area contributed by atoms with Gasteiger partial charge in [0, 0.05) is 5.56 Å². The van der Waals surface area contributed by atoms with Crippen molar-refractivity contribution in [2.24, 2.45) is 0 Å². The number of aromatic nitrogens is 2. The van der Waals surface area contributed by atoms with E-state index in [0.717, 1.165) is 16.7 Å². The maximum Gasteiger partial charge on any atom is 0.269 e. The third-order valence-corrected chi connectivity index (χ3v) is 3.34. The molecule has 1 heterocycles. The molecule has 2 rings (SSSR count). The molecule has 88 valence electrons. The van der Waals surface area contributed by atoms with Gasteiger partial charge in [-0.1, -0.05) is 12.1 Å². The predicted molar refractivity (Wildman–Crippen MR) is 69.1 cm³/mol. The van der Waals surface area contributed by atoms with E-state index in [-0.39, 0.29) is 10.4 Å². The van der Waals surface area contributed by atoms with Crippen molar-refractivity contribution in [1.29, 1.82) is 0 Å². The maximum atomic E-state index is 11.5. The Balaban J connectivity index is 2.61. The van der Waals surface area contributed by atoms with E-state index in [1.165, 1.54) is 0 Å². The third kappa shape index (κ3) is 2.24. The first-order valence-corrected chi connectivity index (χ1v) is 5.84. The van der Waals surface area contributed by atoms with Gasteiger partial charge in [0.1, 0.15) is 10.3 Å². The van der Waals surface area contributed by atoms with Gasteiger partial charge in [-0.25, -0.2) is 0 Å². The number of benzene rings is 1. The summed E-state index contributed by atoms with van der Waals surface area (Å²) >= 11 is 2.96. The number of rotatable bonds is 1. The smallest absolute Gasteiger partial charge is 0.269 e. The summed E-state index contributed by atoms with van der Waals surface area (Å²) in [7, 11) is 0. The van der Waals surface area contributed by atoms with Crippen LogP contribution < -0.4 is 5.56 Å². The Bertz CT molecular complexity index is 635. The molecule has 1 aromatic heterocycles. The lowest BCUT2D eigenvalue weighted by Crippen LogP contribution is -2.09. The van der Waals surface area contributed by atoms with Gasteiger partial charge in [0.2, 0.25) is 5.88 Å². The highest BCUT2D eigenvalue weighted by molar-refractivity contribution is 9.10. The second-order valence-electron chi connectivity index (χ2n) is 3.85. The monoisotopic (exact) mass is 294 g/mol. The molecule has 0 amide bonds. The Hall–Kier alpha value is -1.62.